The van der Waals surface area contributed by atoms with Gasteiger partial charge in [-0.1, -0.05) is 6.92 Å². The summed E-state index contributed by atoms with van der Waals surface area (Å²) in [5, 5.41) is 6.58. The summed E-state index contributed by atoms with van der Waals surface area (Å²) in [6.07, 6.45) is 2.72. The Morgan fingerprint density at radius 1 is 1.24 bits per heavy atom. The first-order valence-electron chi connectivity index (χ1n) is 8.08. The van der Waals surface area contributed by atoms with Crippen molar-refractivity contribution in [2.45, 2.75) is 33.6 Å². The highest BCUT2D eigenvalue weighted by Gasteiger charge is 2.14. The molecule has 126 valence electrons. The largest absolute Gasteiger partial charge is 0.380 e. The number of hydrogen-bond donors (Lipinski definition) is 2. The van der Waals surface area contributed by atoms with Gasteiger partial charge in [0, 0.05) is 32.8 Å². The molecule has 1 atom stereocenters. The maximum Gasteiger partial charge on any atom is 0.191 e. The number of likely N-dealkylation sites (tertiary alicyclic amines) is 1. The lowest BCUT2D eigenvalue weighted by atomic mass is 10.2. The lowest BCUT2D eigenvalue weighted by Crippen LogP contribution is -2.39. The van der Waals surface area contributed by atoms with Crippen LogP contribution < -0.4 is 10.6 Å². The average molecular weight is 412 g/mol. The van der Waals surface area contributed by atoms with Crippen LogP contribution in [-0.2, 0) is 4.74 Å². The molecule has 1 fully saturated rings. The fourth-order valence-corrected chi connectivity index (χ4v) is 2.44. The molecule has 21 heavy (non-hydrogen) atoms. The van der Waals surface area contributed by atoms with E-state index in [0.717, 1.165) is 38.8 Å². The molecular weight excluding hydrogens is 379 g/mol. The molecule has 0 saturated carbocycles. The minimum Gasteiger partial charge on any atom is -0.380 e. The lowest BCUT2D eigenvalue weighted by Gasteiger charge is -2.19. The Balaban J connectivity index is 0.00000400. The molecule has 0 bridgehead atoms. The molecule has 0 aromatic rings. The number of rotatable bonds is 9. The first-order chi connectivity index (χ1) is 9.76. The van der Waals surface area contributed by atoms with Crippen LogP contribution in [-0.4, -0.2) is 63.3 Å². The van der Waals surface area contributed by atoms with E-state index in [1.165, 1.54) is 32.5 Å². The van der Waals surface area contributed by atoms with Gasteiger partial charge in [-0.25, -0.2) is 0 Å². The predicted octanol–water partition coefficient (Wildman–Crippen LogP) is 1.93. The molecule has 5 nitrogen and oxygen atoms in total. The Morgan fingerprint density at radius 3 is 2.57 bits per heavy atom. The Labute approximate surface area is 147 Å². The monoisotopic (exact) mass is 412 g/mol. The number of nitrogens with one attached hydrogen (secondary N) is 2. The zero-order valence-electron chi connectivity index (χ0n) is 13.9. The first kappa shape index (κ1) is 20.9. The smallest absolute Gasteiger partial charge is 0.191 e. The summed E-state index contributed by atoms with van der Waals surface area (Å²) in [6, 6.07) is 0. The molecule has 2 N–H and O–H groups in total. The van der Waals surface area contributed by atoms with E-state index in [1.54, 1.807) is 0 Å². The second-order valence-corrected chi connectivity index (χ2v) is 5.46. The van der Waals surface area contributed by atoms with E-state index in [9.17, 15) is 0 Å². The molecule has 1 rings (SSSR count). The normalized spacial score (nSPS) is 17.4. The topological polar surface area (TPSA) is 48.9 Å². The minimum absolute atomic E-state index is 0. The fourth-order valence-electron chi connectivity index (χ4n) is 2.44. The molecule has 0 aromatic heterocycles. The van der Waals surface area contributed by atoms with Gasteiger partial charge in [0.25, 0.3) is 0 Å². The van der Waals surface area contributed by atoms with Crippen LogP contribution in [0.3, 0.4) is 0 Å². The second-order valence-electron chi connectivity index (χ2n) is 5.46. The van der Waals surface area contributed by atoms with Crippen molar-refractivity contribution in [3.05, 3.63) is 0 Å². The van der Waals surface area contributed by atoms with Crippen LogP contribution in [0.5, 0.6) is 0 Å². The highest BCUT2D eigenvalue weighted by molar-refractivity contribution is 14.0. The van der Waals surface area contributed by atoms with E-state index >= 15 is 0 Å². The van der Waals surface area contributed by atoms with E-state index in [0.29, 0.717) is 5.92 Å². The predicted molar refractivity (Wildman–Crippen MR) is 101 cm³/mol. The highest BCUT2D eigenvalue weighted by atomic mass is 127. The summed E-state index contributed by atoms with van der Waals surface area (Å²) in [5.41, 5.74) is 0. The van der Waals surface area contributed by atoms with Gasteiger partial charge < -0.3 is 20.3 Å². The van der Waals surface area contributed by atoms with Crippen LogP contribution in [0.1, 0.15) is 33.6 Å². The first-order valence-corrected chi connectivity index (χ1v) is 8.08. The number of aliphatic imine (C=N–C) groups is 1. The van der Waals surface area contributed by atoms with Crippen LogP contribution in [0.4, 0.5) is 0 Å². The van der Waals surface area contributed by atoms with E-state index in [2.05, 4.69) is 34.4 Å². The molecule has 1 aliphatic heterocycles. The van der Waals surface area contributed by atoms with Gasteiger partial charge in [-0.2, -0.15) is 0 Å². The summed E-state index contributed by atoms with van der Waals surface area (Å²) in [6.45, 7) is 14.1. The van der Waals surface area contributed by atoms with Crippen molar-refractivity contribution in [1.29, 1.82) is 0 Å². The molecule has 1 unspecified atom stereocenters. The minimum atomic E-state index is 0. The van der Waals surface area contributed by atoms with Crippen LogP contribution >= 0.6 is 24.0 Å². The van der Waals surface area contributed by atoms with Crippen molar-refractivity contribution in [3.63, 3.8) is 0 Å². The third-order valence-corrected chi connectivity index (χ3v) is 3.42. The zero-order chi connectivity index (χ0) is 14.6. The molecule has 1 saturated heterocycles. The summed E-state index contributed by atoms with van der Waals surface area (Å²) in [4.78, 5) is 7.22. The lowest BCUT2D eigenvalue weighted by molar-refractivity contribution is 0.152. The Morgan fingerprint density at radius 2 is 1.95 bits per heavy atom. The van der Waals surface area contributed by atoms with Crippen molar-refractivity contribution in [2.75, 3.05) is 52.5 Å². The van der Waals surface area contributed by atoms with Crippen molar-refractivity contribution in [3.8, 4) is 0 Å². The van der Waals surface area contributed by atoms with Gasteiger partial charge in [-0.05, 0) is 45.7 Å². The second kappa shape index (κ2) is 13.6. The van der Waals surface area contributed by atoms with Crippen molar-refractivity contribution in [2.24, 2.45) is 10.9 Å². The van der Waals surface area contributed by atoms with Gasteiger partial charge in [-0.3, -0.25) is 4.99 Å². The van der Waals surface area contributed by atoms with Crippen LogP contribution in [0.25, 0.3) is 0 Å². The fraction of sp³-hybridized carbons (Fsp3) is 0.933. The molecule has 0 aliphatic carbocycles. The average Bonchev–Trinajstić information content (AvgIpc) is 2.93. The SMILES string of the molecule is CCNC(=NCC(C)CN1CCCC1)NCCOCC.I. The van der Waals surface area contributed by atoms with Gasteiger partial charge in [-0.15, -0.1) is 24.0 Å². The maximum atomic E-state index is 5.32. The Hall–Kier alpha value is -0.0800. The zero-order valence-corrected chi connectivity index (χ0v) is 16.2. The van der Waals surface area contributed by atoms with E-state index in [4.69, 9.17) is 4.74 Å². The summed E-state index contributed by atoms with van der Waals surface area (Å²) < 4.78 is 5.32. The summed E-state index contributed by atoms with van der Waals surface area (Å²) >= 11 is 0. The van der Waals surface area contributed by atoms with Crippen LogP contribution in [0.15, 0.2) is 4.99 Å². The maximum absolute atomic E-state index is 5.32. The molecule has 0 radical (unpaired) electrons. The number of ether oxygens (including phenoxy) is 1. The van der Waals surface area contributed by atoms with E-state index < -0.39 is 0 Å². The van der Waals surface area contributed by atoms with Crippen LogP contribution in [0.2, 0.25) is 0 Å². The van der Waals surface area contributed by atoms with Crippen molar-refractivity contribution in [1.82, 2.24) is 15.5 Å². The third-order valence-electron chi connectivity index (χ3n) is 3.42. The van der Waals surface area contributed by atoms with E-state index in [-0.39, 0.29) is 24.0 Å². The quantitative estimate of drug-likeness (QED) is 0.263. The molecule has 0 spiro atoms. The molecule has 0 aromatic carbocycles. The van der Waals surface area contributed by atoms with Crippen molar-refractivity contribution >= 4 is 29.9 Å². The van der Waals surface area contributed by atoms with Crippen molar-refractivity contribution < 1.29 is 4.74 Å². The molecular formula is C15H33IN4O. The summed E-state index contributed by atoms with van der Waals surface area (Å²) in [5.74, 6) is 1.51. The Bertz CT molecular complexity index is 270. The van der Waals surface area contributed by atoms with Gasteiger partial charge in [0.15, 0.2) is 5.96 Å². The standard InChI is InChI=1S/C15H32N4O.HI/c1-4-16-15(17-8-11-20-5-2)18-12-14(3)13-19-9-6-7-10-19;/h14H,4-13H2,1-3H3,(H2,16,17,18);1H. The van der Waals surface area contributed by atoms with Crippen LogP contribution in [0, 0.1) is 5.92 Å². The molecule has 1 heterocycles. The number of nitrogens with zero attached hydrogens (tertiary/aromatic N) is 2. The summed E-state index contributed by atoms with van der Waals surface area (Å²) in [7, 11) is 0. The number of hydrogen-bond acceptors (Lipinski definition) is 3. The molecule has 1 aliphatic rings. The Kier molecular flexibility index (Phi) is 13.5. The van der Waals surface area contributed by atoms with Gasteiger partial charge >= 0.3 is 0 Å². The van der Waals surface area contributed by atoms with E-state index in [1.807, 2.05) is 6.92 Å². The highest BCUT2D eigenvalue weighted by Crippen LogP contribution is 2.10. The van der Waals surface area contributed by atoms with Gasteiger partial charge in [0.2, 0.25) is 0 Å². The number of halogens is 1. The molecule has 6 heteroatoms. The van der Waals surface area contributed by atoms with Gasteiger partial charge in [0.05, 0.1) is 6.61 Å². The third kappa shape index (κ3) is 10.3. The van der Waals surface area contributed by atoms with Gasteiger partial charge in [0.1, 0.15) is 0 Å². The number of guanidine groups is 1. The molecule has 0 amide bonds.